The first-order valence-electron chi connectivity index (χ1n) is 6.16. The van der Waals surface area contributed by atoms with E-state index >= 15 is 0 Å². The van der Waals surface area contributed by atoms with Crippen LogP contribution in [0.1, 0.15) is 26.7 Å². The molecule has 16 heavy (non-hydrogen) atoms. The molecule has 2 N–H and O–H groups in total. The van der Waals surface area contributed by atoms with Gasteiger partial charge in [-0.3, -0.25) is 4.79 Å². The highest BCUT2D eigenvalue weighted by Crippen LogP contribution is 2.25. The van der Waals surface area contributed by atoms with Crippen molar-refractivity contribution in [3.8, 4) is 0 Å². The molecule has 1 aliphatic heterocycles. The summed E-state index contributed by atoms with van der Waals surface area (Å²) in [6, 6.07) is 0. The molecule has 1 amide bonds. The van der Waals surface area contributed by atoms with E-state index < -0.39 is 0 Å². The van der Waals surface area contributed by atoms with Gasteiger partial charge in [0.05, 0.1) is 12.0 Å². The molecule has 3 atom stereocenters. The number of hydrogen-bond donors (Lipinski definition) is 1. The molecular formula is C12H24N2O2. The fourth-order valence-electron chi connectivity index (χ4n) is 2.25. The molecule has 94 valence electrons. The number of carbonyl (C=O) groups is 1. The summed E-state index contributed by atoms with van der Waals surface area (Å²) in [4.78, 5) is 14.0. The van der Waals surface area contributed by atoms with Gasteiger partial charge < -0.3 is 15.4 Å². The summed E-state index contributed by atoms with van der Waals surface area (Å²) in [5.41, 5.74) is 5.56. The highest BCUT2D eigenvalue weighted by atomic mass is 16.5. The van der Waals surface area contributed by atoms with E-state index in [1.165, 1.54) is 0 Å². The SMILES string of the molecule is CCC1OCCC1C(=O)N(C)CC(C)CN. The third kappa shape index (κ3) is 3.19. The van der Waals surface area contributed by atoms with Gasteiger partial charge in [0.2, 0.25) is 5.91 Å². The van der Waals surface area contributed by atoms with Crippen molar-refractivity contribution in [2.24, 2.45) is 17.6 Å². The van der Waals surface area contributed by atoms with Gasteiger partial charge in [0.15, 0.2) is 0 Å². The van der Waals surface area contributed by atoms with E-state index in [-0.39, 0.29) is 17.9 Å². The lowest BCUT2D eigenvalue weighted by Gasteiger charge is -2.25. The Kier molecular flexibility index (Phi) is 5.22. The van der Waals surface area contributed by atoms with E-state index in [4.69, 9.17) is 10.5 Å². The van der Waals surface area contributed by atoms with E-state index in [9.17, 15) is 4.79 Å². The van der Waals surface area contributed by atoms with Crippen molar-refractivity contribution in [2.45, 2.75) is 32.8 Å². The summed E-state index contributed by atoms with van der Waals surface area (Å²) in [7, 11) is 1.86. The molecule has 0 aromatic heterocycles. The molecule has 1 rings (SSSR count). The van der Waals surface area contributed by atoms with Crippen LogP contribution in [-0.4, -0.2) is 43.7 Å². The second-order valence-corrected chi connectivity index (χ2v) is 4.77. The number of nitrogens with zero attached hydrogens (tertiary/aromatic N) is 1. The first kappa shape index (κ1) is 13.5. The van der Waals surface area contributed by atoms with Gasteiger partial charge in [-0.1, -0.05) is 13.8 Å². The minimum Gasteiger partial charge on any atom is -0.377 e. The maximum atomic E-state index is 12.2. The van der Waals surface area contributed by atoms with Crippen LogP contribution in [0.5, 0.6) is 0 Å². The van der Waals surface area contributed by atoms with Crippen LogP contribution in [0.4, 0.5) is 0 Å². The first-order chi connectivity index (χ1) is 7.60. The number of rotatable bonds is 5. The molecule has 1 aliphatic rings. The largest absolute Gasteiger partial charge is 0.377 e. The highest BCUT2D eigenvalue weighted by Gasteiger charge is 2.34. The van der Waals surface area contributed by atoms with Crippen LogP contribution in [0, 0.1) is 11.8 Å². The Hall–Kier alpha value is -0.610. The van der Waals surface area contributed by atoms with Crippen LogP contribution in [0.15, 0.2) is 0 Å². The van der Waals surface area contributed by atoms with Crippen LogP contribution < -0.4 is 5.73 Å². The van der Waals surface area contributed by atoms with Gasteiger partial charge in [0, 0.05) is 20.2 Å². The third-order valence-electron chi connectivity index (χ3n) is 3.29. The second kappa shape index (κ2) is 6.21. The Bertz CT molecular complexity index is 233. The fraction of sp³-hybridized carbons (Fsp3) is 0.917. The Morgan fingerprint density at radius 3 is 2.88 bits per heavy atom. The lowest BCUT2D eigenvalue weighted by Crippen LogP contribution is -2.40. The Balaban J connectivity index is 2.49. The van der Waals surface area contributed by atoms with Crippen molar-refractivity contribution in [3.63, 3.8) is 0 Å². The van der Waals surface area contributed by atoms with Gasteiger partial charge in [0.25, 0.3) is 0 Å². The second-order valence-electron chi connectivity index (χ2n) is 4.77. The predicted molar refractivity (Wildman–Crippen MR) is 64.0 cm³/mol. The smallest absolute Gasteiger partial charge is 0.228 e. The molecule has 0 aliphatic carbocycles. The monoisotopic (exact) mass is 228 g/mol. The zero-order valence-corrected chi connectivity index (χ0v) is 10.6. The molecule has 1 fully saturated rings. The maximum Gasteiger partial charge on any atom is 0.228 e. The molecule has 1 heterocycles. The van der Waals surface area contributed by atoms with Crippen LogP contribution in [0.2, 0.25) is 0 Å². The van der Waals surface area contributed by atoms with Crippen molar-refractivity contribution in [1.82, 2.24) is 4.90 Å². The predicted octanol–water partition coefficient (Wildman–Crippen LogP) is 0.855. The van der Waals surface area contributed by atoms with Crippen LogP contribution in [-0.2, 0) is 9.53 Å². The summed E-state index contributed by atoms with van der Waals surface area (Å²) in [6.07, 6.45) is 1.89. The van der Waals surface area contributed by atoms with E-state index in [2.05, 4.69) is 13.8 Å². The normalized spacial score (nSPS) is 26.8. The number of nitrogens with two attached hydrogens (primary N) is 1. The summed E-state index contributed by atoms with van der Waals surface area (Å²) in [5, 5.41) is 0. The van der Waals surface area contributed by atoms with Gasteiger partial charge in [-0.25, -0.2) is 0 Å². The Labute approximate surface area is 98.1 Å². The molecule has 4 nitrogen and oxygen atoms in total. The molecule has 1 saturated heterocycles. The lowest BCUT2D eigenvalue weighted by molar-refractivity contribution is -0.136. The number of carbonyl (C=O) groups excluding carboxylic acids is 1. The molecule has 0 aromatic carbocycles. The van der Waals surface area contributed by atoms with Gasteiger partial charge in [-0.05, 0) is 25.3 Å². The molecule has 3 unspecified atom stereocenters. The van der Waals surface area contributed by atoms with Crippen molar-refractivity contribution in [3.05, 3.63) is 0 Å². The zero-order valence-electron chi connectivity index (χ0n) is 10.6. The average molecular weight is 228 g/mol. The van der Waals surface area contributed by atoms with Gasteiger partial charge in [0.1, 0.15) is 0 Å². The van der Waals surface area contributed by atoms with E-state index in [0.717, 1.165) is 26.0 Å². The zero-order chi connectivity index (χ0) is 12.1. The standard InChI is InChI=1S/C12H24N2O2/c1-4-11-10(5-6-16-11)12(15)14(3)8-9(2)7-13/h9-11H,4-8,13H2,1-3H3. The van der Waals surface area contributed by atoms with Crippen molar-refractivity contribution >= 4 is 5.91 Å². The van der Waals surface area contributed by atoms with Gasteiger partial charge >= 0.3 is 0 Å². The number of hydrogen-bond acceptors (Lipinski definition) is 3. The summed E-state index contributed by atoms with van der Waals surface area (Å²) >= 11 is 0. The van der Waals surface area contributed by atoms with E-state index in [1.807, 2.05) is 7.05 Å². The molecule has 0 saturated carbocycles. The van der Waals surface area contributed by atoms with Crippen LogP contribution in [0.3, 0.4) is 0 Å². The number of amides is 1. The maximum absolute atomic E-state index is 12.2. The summed E-state index contributed by atoms with van der Waals surface area (Å²) < 4.78 is 5.55. The minimum absolute atomic E-state index is 0.0555. The van der Waals surface area contributed by atoms with Gasteiger partial charge in [-0.15, -0.1) is 0 Å². The van der Waals surface area contributed by atoms with Crippen molar-refractivity contribution in [1.29, 1.82) is 0 Å². The first-order valence-corrected chi connectivity index (χ1v) is 6.16. The Morgan fingerprint density at radius 2 is 2.31 bits per heavy atom. The van der Waals surface area contributed by atoms with Crippen LogP contribution >= 0.6 is 0 Å². The molecule has 0 aromatic rings. The molecule has 0 bridgehead atoms. The number of ether oxygens (including phenoxy) is 1. The molecule has 0 spiro atoms. The average Bonchev–Trinajstić information content (AvgIpc) is 2.75. The highest BCUT2D eigenvalue weighted by molar-refractivity contribution is 5.79. The topological polar surface area (TPSA) is 55.6 Å². The molecular weight excluding hydrogens is 204 g/mol. The summed E-state index contributed by atoms with van der Waals surface area (Å²) in [6.45, 7) is 6.21. The minimum atomic E-state index is 0.0555. The lowest BCUT2D eigenvalue weighted by atomic mass is 9.97. The van der Waals surface area contributed by atoms with Crippen LogP contribution in [0.25, 0.3) is 0 Å². The molecule has 0 radical (unpaired) electrons. The molecule has 4 heteroatoms. The fourth-order valence-corrected chi connectivity index (χ4v) is 2.25. The van der Waals surface area contributed by atoms with Crippen molar-refractivity contribution < 1.29 is 9.53 Å². The quantitative estimate of drug-likeness (QED) is 0.759. The van der Waals surface area contributed by atoms with E-state index in [1.54, 1.807) is 4.90 Å². The van der Waals surface area contributed by atoms with E-state index in [0.29, 0.717) is 12.5 Å². The Morgan fingerprint density at radius 1 is 1.62 bits per heavy atom. The van der Waals surface area contributed by atoms with Crippen molar-refractivity contribution in [2.75, 3.05) is 26.7 Å². The third-order valence-corrected chi connectivity index (χ3v) is 3.29. The summed E-state index contributed by atoms with van der Waals surface area (Å²) in [5.74, 6) is 0.626. The van der Waals surface area contributed by atoms with Gasteiger partial charge in [-0.2, -0.15) is 0 Å².